The van der Waals surface area contributed by atoms with Crippen molar-refractivity contribution in [1.82, 2.24) is 25.2 Å². The smallest absolute Gasteiger partial charge is 0.354 e. The standard InChI is InChI=1S/C12H15N5O2S/c1-2-3-6-17-11(14-15-16-17)8-20-9-4-5-13-10(7-9)12(18)19/h4-5,7H,2-3,6,8H2,1H3,(H,18,19). The van der Waals surface area contributed by atoms with E-state index in [0.29, 0.717) is 5.75 Å². The molecule has 0 spiro atoms. The molecule has 0 aromatic carbocycles. The molecule has 20 heavy (non-hydrogen) atoms. The summed E-state index contributed by atoms with van der Waals surface area (Å²) in [7, 11) is 0. The summed E-state index contributed by atoms with van der Waals surface area (Å²) in [6.45, 7) is 2.92. The number of hydrogen-bond acceptors (Lipinski definition) is 6. The lowest BCUT2D eigenvalue weighted by atomic mass is 10.3. The third-order valence-electron chi connectivity index (χ3n) is 2.65. The van der Waals surface area contributed by atoms with Gasteiger partial charge in [-0.1, -0.05) is 13.3 Å². The highest BCUT2D eigenvalue weighted by Crippen LogP contribution is 2.21. The second-order valence-electron chi connectivity index (χ2n) is 4.14. The van der Waals surface area contributed by atoms with E-state index in [1.807, 2.05) is 0 Å². The highest BCUT2D eigenvalue weighted by atomic mass is 32.2. The van der Waals surface area contributed by atoms with Gasteiger partial charge in [0, 0.05) is 17.6 Å². The summed E-state index contributed by atoms with van der Waals surface area (Å²) >= 11 is 1.49. The van der Waals surface area contributed by atoms with E-state index in [1.54, 1.807) is 16.8 Å². The van der Waals surface area contributed by atoms with Gasteiger partial charge < -0.3 is 5.11 Å². The van der Waals surface area contributed by atoms with Crippen molar-refractivity contribution in [1.29, 1.82) is 0 Å². The number of thioether (sulfide) groups is 1. The van der Waals surface area contributed by atoms with Gasteiger partial charge >= 0.3 is 5.97 Å². The zero-order valence-electron chi connectivity index (χ0n) is 11.1. The zero-order valence-corrected chi connectivity index (χ0v) is 11.9. The van der Waals surface area contributed by atoms with Crippen LogP contribution in [0.15, 0.2) is 23.2 Å². The van der Waals surface area contributed by atoms with Crippen LogP contribution in [-0.4, -0.2) is 36.3 Å². The third-order valence-corrected chi connectivity index (χ3v) is 3.64. The van der Waals surface area contributed by atoms with Crippen LogP contribution >= 0.6 is 11.8 Å². The van der Waals surface area contributed by atoms with Crippen molar-refractivity contribution in [2.75, 3.05) is 0 Å². The number of unbranched alkanes of at least 4 members (excludes halogenated alkanes) is 1. The minimum atomic E-state index is -1.03. The Bertz CT molecular complexity index is 587. The van der Waals surface area contributed by atoms with Crippen molar-refractivity contribution in [3.8, 4) is 0 Å². The number of carboxylic acid groups (broad SMARTS) is 1. The summed E-state index contributed by atoms with van der Waals surface area (Å²) in [5.41, 5.74) is 0.0422. The van der Waals surface area contributed by atoms with Gasteiger partial charge in [-0.25, -0.2) is 14.5 Å². The van der Waals surface area contributed by atoms with Crippen molar-refractivity contribution in [2.45, 2.75) is 37.0 Å². The predicted octanol–water partition coefficient (Wildman–Crippen LogP) is 1.86. The number of aromatic nitrogens is 5. The Morgan fingerprint density at radius 1 is 1.50 bits per heavy atom. The monoisotopic (exact) mass is 293 g/mol. The summed E-state index contributed by atoms with van der Waals surface area (Å²) < 4.78 is 1.79. The van der Waals surface area contributed by atoms with Gasteiger partial charge in [0.1, 0.15) is 5.69 Å². The third kappa shape index (κ3) is 3.77. The van der Waals surface area contributed by atoms with Crippen LogP contribution in [-0.2, 0) is 12.3 Å². The van der Waals surface area contributed by atoms with Gasteiger partial charge in [0.15, 0.2) is 5.82 Å². The Morgan fingerprint density at radius 2 is 2.35 bits per heavy atom. The molecule has 8 heteroatoms. The SMILES string of the molecule is CCCCn1nnnc1CSc1ccnc(C(=O)O)c1. The van der Waals surface area contributed by atoms with Crippen molar-refractivity contribution in [2.24, 2.45) is 0 Å². The zero-order chi connectivity index (χ0) is 14.4. The summed E-state index contributed by atoms with van der Waals surface area (Å²) in [6.07, 6.45) is 3.60. The van der Waals surface area contributed by atoms with E-state index in [2.05, 4.69) is 27.4 Å². The fourth-order valence-electron chi connectivity index (χ4n) is 1.57. The molecular weight excluding hydrogens is 278 g/mol. The minimum absolute atomic E-state index is 0.0422. The molecule has 0 bridgehead atoms. The van der Waals surface area contributed by atoms with E-state index in [0.717, 1.165) is 30.1 Å². The van der Waals surface area contributed by atoms with E-state index in [9.17, 15) is 4.79 Å². The van der Waals surface area contributed by atoms with Crippen molar-refractivity contribution < 1.29 is 9.90 Å². The molecule has 2 aromatic rings. The Morgan fingerprint density at radius 3 is 3.10 bits per heavy atom. The average Bonchev–Trinajstić information content (AvgIpc) is 2.90. The summed E-state index contributed by atoms with van der Waals surface area (Å²) in [4.78, 5) is 15.5. The van der Waals surface area contributed by atoms with Gasteiger partial charge in [0.05, 0.1) is 5.75 Å². The number of carbonyl (C=O) groups is 1. The molecule has 0 aliphatic rings. The normalized spacial score (nSPS) is 10.7. The van der Waals surface area contributed by atoms with Crippen LogP contribution in [0.25, 0.3) is 0 Å². The molecule has 0 aliphatic carbocycles. The fourth-order valence-corrected chi connectivity index (χ4v) is 2.43. The largest absolute Gasteiger partial charge is 0.477 e. The maximum atomic E-state index is 10.9. The average molecular weight is 293 g/mol. The minimum Gasteiger partial charge on any atom is -0.477 e. The van der Waals surface area contributed by atoms with Crippen LogP contribution in [0.1, 0.15) is 36.1 Å². The highest BCUT2D eigenvalue weighted by molar-refractivity contribution is 7.98. The number of carboxylic acids is 1. The summed E-state index contributed by atoms with van der Waals surface area (Å²) in [6, 6.07) is 3.32. The number of rotatable bonds is 7. The molecule has 0 saturated carbocycles. The van der Waals surface area contributed by atoms with Gasteiger partial charge in [-0.15, -0.1) is 16.9 Å². The van der Waals surface area contributed by atoms with Crippen molar-refractivity contribution in [3.63, 3.8) is 0 Å². The molecule has 106 valence electrons. The van der Waals surface area contributed by atoms with Crippen LogP contribution in [0, 0.1) is 0 Å². The quantitative estimate of drug-likeness (QED) is 0.778. The van der Waals surface area contributed by atoms with E-state index < -0.39 is 5.97 Å². The molecule has 0 saturated heterocycles. The number of aromatic carboxylic acids is 1. The molecule has 2 heterocycles. The summed E-state index contributed by atoms with van der Waals surface area (Å²) in [5, 5.41) is 20.5. The Hall–Kier alpha value is -1.96. The Balaban J connectivity index is 2.00. The van der Waals surface area contributed by atoms with Gasteiger partial charge in [0.2, 0.25) is 0 Å². The van der Waals surface area contributed by atoms with Crippen LogP contribution in [0.2, 0.25) is 0 Å². The number of aryl methyl sites for hydroxylation is 1. The van der Waals surface area contributed by atoms with Crippen molar-refractivity contribution in [3.05, 3.63) is 29.8 Å². The van der Waals surface area contributed by atoms with E-state index >= 15 is 0 Å². The number of hydrogen-bond donors (Lipinski definition) is 1. The fraction of sp³-hybridized carbons (Fsp3) is 0.417. The van der Waals surface area contributed by atoms with Gasteiger partial charge in [-0.3, -0.25) is 0 Å². The number of nitrogens with zero attached hydrogens (tertiary/aromatic N) is 5. The van der Waals surface area contributed by atoms with E-state index in [4.69, 9.17) is 5.11 Å². The Labute approximate surface area is 120 Å². The molecule has 0 radical (unpaired) electrons. The second-order valence-corrected chi connectivity index (χ2v) is 5.19. The van der Waals surface area contributed by atoms with Crippen LogP contribution in [0.5, 0.6) is 0 Å². The molecule has 0 amide bonds. The van der Waals surface area contributed by atoms with Crippen LogP contribution in [0.3, 0.4) is 0 Å². The lowest BCUT2D eigenvalue weighted by Gasteiger charge is -2.04. The molecule has 0 unspecified atom stereocenters. The molecule has 2 rings (SSSR count). The highest BCUT2D eigenvalue weighted by Gasteiger charge is 2.09. The number of pyridine rings is 1. The van der Waals surface area contributed by atoms with Gasteiger partial charge in [0.25, 0.3) is 0 Å². The topological polar surface area (TPSA) is 93.8 Å². The van der Waals surface area contributed by atoms with E-state index in [1.165, 1.54) is 18.0 Å². The van der Waals surface area contributed by atoms with Gasteiger partial charge in [-0.05, 0) is 29.0 Å². The maximum absolute atomic E-state index is 10.9. The Kier molecular flexibility index (Phi) is 5.05. The first kappa shape index (κ1) is 14.4. The van der Waals surface area contributed by atoms with E-state index in [-0.39, 0.29) is 5.69 Å². The molecule has 0 fully saturated rings. The molecule has 0 atom stereocenters. The lowest BCUT2D eigenvalue weighted by Crippen LogP contribution is -2.05. The lowest BCUT2D eigenvalue weighted by molar-refractivity contribution is 0.0690. The molecule has 2 aromatic heterocycles. The van der Waals surface area contributed by atoms with Crippen molar-refractivity contribution >= 4 is 17.7 Å². The van der Waals surface area contributed by atoms with Gasteiger partial charge in [-0.2, -0.15) is 0 Å². The van der Waals surface area contributed by atoms with Crippen LogP contribution < -0.4 is 0 Å². The summed E-state index contributed by atoms with van der Waals surface area (Å²) in [5.74, 6) is 0.358. The van der Waals surface area contributed by atoms with Crippen LogP contribution in [0.4, 0.5) is 0 Å². The number of tetrazole rings is 1. The maximum Gasteiger partial charge on any atom is 0.354 e. The molecule has 7 nitrogen and oxygen atoms in total. The predicted molar refractivity (Wildman–Crippen MR) is 73.5 cm³/mol. The first-order valence-corrected chi connectivity index (χ1v) is 7.26. The molecule has 1 N–H and O–H groups in total. The molecular formula is C12H15N5O2S. The second kappa shape index (κ2) is 6.99. The molecule has 0 aliphatic heterocycles. The first-order valence-electron chi connectivity index (χ1n) is 6.28. The first-order chi connectivity index (χ1) is 9.70.